The third-order valence-corrected chi connectivity index (χ3v) is 1.55. The second kappa shape index (κ2) is 11.5. The molecule has 0 saturated heterocycles. The molecular formula is C13H16O3. The van der Waals surface area contributed by atoms with E-state index in [0.717, 1.165) is 12.8 Å². The van der Waals surface area contributed by atoms with Crippen molar-refractivity contribution in [1.82, 2.24) is 0 Å². The van der Waals surface area contributed by atoms with Crippen LogP contribution in [0.15, 0.2) is 0 Å². The second-order valence-corrected chi connectivity index (χ2v) is 3.01. The van der Waals surface area contributed by atoms with Gasteiger partial charge in [-0.2, -0.15) is 0 Å². The predicted octanol–water partition coefficient (Wildman–Crippen LogP) is 0.778. The number of aliphatic hydroxyl groups is 1. The maximum atomic E-state index is 9.37. The molecule has 0 radical (unpaired) electrons. The largest absolute Gasteiger partial charge is 0.443 e. The van der Waals surface area contributed by atoms with Gasteiger partial charge in [0.15, 0.2) is 0 Å². The number of unbranched alkanes of at least 4 members (excludes halogenated alkanes) is 1. The fourth-order valence-electron chi connectivity index (χ4n) is 0.781. The molecule has 1 N–H and O–H groups in total. The molecule has 0 aliphatic heterocycles. The molecule has 0 bridgehead atoms. The fourth-order valence-corrected chi connectivity index (χ4v) is 0.781. The molecule has 0 fully saturated rings. The van der Waals surface area contributed by atoms with Gasteiger partial charge in [0.05, 0.1) is 6.61 Å². The van der Waals surface area contributed by atoms with Gasteiger partial charge in [-0.05, 0) is 18.3 Å². The fraction of sp³-hybridized carbons (Fsp3) is 0.538. The van der Waals surface area contributed by atoms with Crippen molar-refractivity contribution in [2.45, 2.75) is 25.9 Å². The molecule has 0 aromatic rings. The summed E-state index contributed by atoms with van der Waals surface area (Å²) in [5.41, 5.74) is 0. The zero-order chi connectivity index (χ0) is 12.1. The van der Waals surface area contributed by atoms with Crippen LogP contribution in [0.2, 0.25) is 0 Å². The van der Waals surface area contributed by atoms with Crippen LogP contribution < -0.4 is 0 Å². The number of hydrogen-bond donors (Lipinski definition) is 1. The van der Waals surface area contributed by atoms with E-state index in [0.29, 0.717) is 6.61 Å². The molecular weight excluding hydrogens is 204 g/mol. The second-order valence-electron chi connectivity index (χ2n) is 3.01. The summed E-state index contributed by atoms with van der Waals surface area (Å²) >= 11 is 0. The van der Waals surface area contributed by atoms with E-state index < -0.39 is 6.10 Å². The molecule has 0 aromatic carbocycles. The average molecular weight is 220 g/mol. The first kappa shape index (κ1) is 14.4. The standard InChI is InChI=1S/C13H16O3/c1-3-5-7-8-10-16-12-13(14)11-15-9-6-4-2/h1,13-14H,4,6,9,11-12H2,2H3. The van der Waals surface area contributed by atoms with Gasteiger partial charge in [-0.1, -0.05) is 13.3 Å². The Balaban J connectivity index is 3.46. The number of aliphatic hydroxyl groups excluding tert-OH is 1. The molecule has 3 heteroatoms. The lowest BCUT2D eigenvalue weighted by Crippen LogP contribution is -2.20. The highest BCUT2D eigenvalue weighted by atomic mass is 16.5. The minimum atomic E-state index is -0.660. The molecule has 1 unspecified atom stereocenters. The molecule has 0 saturated carbocycles. The van der Waals surface area contributed by atoms with Crippen molar-refractivity contribution >= 4 is 0 Å². The molecule has 0 spiro atoms. The van der Waals surface area contributed by atoms with Crippen LogP contribution in [0.25, 0.3) is 0 Å². The summed E-state index contributed by atoms with van der Waals surface area (Å²) in [6.07, 6.45) is 8.61. The highest BCUT2D eigenvalue weighted by Gasteiger charge is 2.03. The van der Waals surface area contributed by atoms with Crippen molar-refractivity contribution in [3.05, 3.63) is 0 Å². The molecule has 0 rings (SSSR count). The minimum Gasteiger partial charge on any atom is -0.443 e. The monoisotopic (exact) mass is 220 g/mol. The number of terminal acetylenes is 1. The molecule has 1 atom stereocenters. The molecule has 0 amide bonds. The third-order valence-electron chi connectivity index (χ3n) is 1.55. The maximum Gasteiger partial charge on any atom is 0.128 e. The van der Waals surface area contributed by atoms with Crippen LogP contribution in [0.1, 0.15) is 19.8 Å². The lowest BCUT2D eigenvalue weighted by molar-refractivity contribution is 0.00537. The summed E-state index contributed by atoms with van der Waals surface area (Å²) in [5, 5.41) is 9.37. The van der Waals surface area contributed by atoms with E-state index >= 15 is 0 Å². The smallest absolute Gasteiger partial charge is 0.128 e. The van der Waals surface area contributed by atoms with Crippen LogP contribution in [-0.2, 0) is 9.47 Å². The first-order chi connectivity index (χ1) is 7.81. The van der Waals surface area contributed by atoms with Crippen LogP contribution in [0.3, 0.4) is 0 Å². The van der Waals surface area contributed by atoms with E-state index in [1.54, 1.807) is 0 Å². The van der Waals surface area contributed by atoms with Gasteiger partial charge in [0.1, 0.15) is 18.8 Å². The average Bonchev–Trinajstić information content (AvgIpc) is 2.29. The normalized spacial score (nSPS) is 10.1. The minimum absolute atomic E-state index is 0.108. The number of rotatable bonds is 7. The summed E-state index contributed by atoms with van der Waals surface area (Å²) in [5.74, 6) is 9.21. The topological polar surface area (TPSA) is 38.7 Å². The molecule has 16 heavy (non-hydrogen) atoms. The van der Waals surface area contributed by atoms with E-state index in [1.807, 2.05) is 0 Å². The highest BCUT2D eigenvalue weighted by Crippen LogP contribution is 1.91. The first-order valence-electron chi connectivity index (χ1n) is 5.14. The molecule has 86 valence electrons. The van der Waals surface area contributed by atoms with E-state index in [2.05, 4.69) is 36.7 Å². The van der Waals surface area contributed by atoms with E-state index in [4.69, 9.17) is 15.9 Å². The lowest BCUT2D eigenvalue weighted by atomic mass is 10.3. The summed E-state index contributed by atoms with van der Waals surface area (Å²) < 4.78 is 10.0. The first-order valence-corrected chi connectivity index (χ1v) is 5.14. The van der Waals surface area contributed by atoms with Crippen molar-refractivity contribution in [3.8, 4) is 36.2 Å². The maximum absolute atomic E-state index is 9.37. The Morgan fingerprint density at radius 3 is 2.75 bits per heavy atom. The SMILES string of the molecule is C#CC#CC#COCC(O)COCCCC. The molecule has 0 aromatic heterocycles. The van der Waals surface area contributed by atoms with Gasteiger partial charge in [-0.3, -0.25) is 0 Å². The van der Waals surface area contributed by atoms with Crippen LogP contribution >= 0.6 is 0 Å². The molecule has 0 aliphatic carbocycles. The van der Waals surface area contributed by atoms with Crippen LogP contribution in [0.4, 0.5) is 0 Å². The Morgan fingerprint density at radius 1 is 1.25 bits per heavy atom. The van der Waals surface area contributed by atoms with Crippen molar-refractivity contribution in [3.63, 3.8) is 0 Å². The van der Waals surface area contributed by atoms with Gasteiger partial charge in [-0.25, -0.2) is 0 Å². The van der Waals surface area contributed by atoms with E-state index in [9.17, 15) is 5.11 Å². The molecule has 0 aliphatic rings. The van der Waals surface area contributed by atoms with Crippen molar-refractivity contribution in [1.29, 1.82) is 0 Å². The summed E-state index contributed by atoms with van der Waals surface area (Å²) in [7, 11) is 0. The Labute approximate surface area is 97.1 Å². The van der Waals surface area contributed by atoms with Gasteiger partial charge in [-0.15, -0.1) is 6.42 Å². The zero-order valence-electron chi connectivity index (χ0n) is 9.45. The van der Waals surface area contributed by atoms with Crippen LogP contribution in [0, 0.1) is 36.2 Å². The summed E-state index contributed by atoms with van der Waals surface area (Å²) in [4.78, 5) is 0. The zero-order valence-corrected chi connectivity index (χ0v) is 9.45. The Hall–Kier alpha value is -1.60. The molecule has 0 heterocycles. The van der Waals surface area contributed by atoms with Gasteiger partial charge in [0.25, 0.3) is 0 Å². The predicted molar refractivity (Wildman–Crippen MR) is 62.1 cm³/mol. The number of ether oxygens (including phenoxy) is 2. The van der Waals surface area contributed by atoms with Crippen LogP contribution in [-0.4, -0.2) is 31.0 Å². The van der Waals surface area contributed by atoms with Crippen molar-refractivity contribution in [2.24, 2.45) is 0 Å². The van der Waals surface area contributed by atoms with Crippen molar-refractivity contribution < 1.29 is 14.6 Å². The molecule has 3 nitrogen and oxygen atoms in total. The van der Waals surface area contributed by atoms with E-state index in [-0.39, 0.29) is 13.2 Å². The lowest BCUT2D eigenvalue weighted by Gasteiger charge is -2.08. The Morgan fingerprint density at radius 2 is 2.06 bits per heavy atom. The van der Waals surface area contributed by atoms with Gasteiger partial charge >= 0.3 is 0 Å². The Kier molecular flexibility index (Phi) is 10.3. The van der Waals surface area contributed by atoms with Crippen molar-refractivity contribution in [2.75, 3.05) is 19.8 Å². The van der Waals surface area contributed by atoms with Crippen LogP contribution in [0.5, 0.6) is 0 Å². The highest BCUT2D eigenvalue weighted by molar-refractivity contribution is 5.32. The van der Waals surface area contributed by atoms with E-state index in [1.165, 1.54) is 0 Å². The summed E-state index contributed by atoms with van der Waals surface area (Å²) in [6.45, 7) is 3.11. The van der Waals surface area contributed by atoms with Gasteiger partial charge in [0, 0.05) is 18.4 Å². The van der Waals surface area contributed by atoms with Gasteiger partial charge < -0.3 is 14.6 Å². The quantitative estimate of drug-likeness (QED) is 0.509. The summed E-state index contributed by atoms with van der Waals surface area (Å²) in [6, 6.07) is 0. The Bertz CT molecular complexity index is 319. The van der Waals surface area contributed by atoms with Gasteiger partial charge in [0.2, 0.25) is 0 Å². The third kappa shape index (κ3) is 10.5. The number of hydrogen-bond acceptors (Lipinski definition) is 3.